The van der Waals surface area contributed by atoms with Gasteiger partial charge in [0, 0.05) is 22.1 Å². The van der Waals surface area contributed by atoms with Crippen molar-refractivity contribution in [1.29, 1.82) is 0 Å². The average molecular weight is 464 g/mol. The lowest BCUT2D eigenvalue weighted by atomic mass is 9.86. The molecule has 0 aliphatic carbocycles. The van der Waals surface area contributed by atoms with Crippen molar-refractivity contribution in [3.8, 4) is 0 Å². The third-order valence-electron chi connectivity index (χ3n) is 5.42. The minimum atomic E-state index is -0.0972. The molecule has 0 radical (unpaired) electrons. The molecule has 0 aliphatic rings. The number of halogens is 1. The molecule has 3 aromatic carbocycles. The molecule has 0 fully saturated rings. The fraction of sp³-hybridized carbons (Fsp3) is 0.296. The van der Waals surface area contributed by atoms with Crippen molar-refractivity contribution in [2.75, 3.05) is 5.32 Å². The second-order valence-corrected chi connectivity index (χ2v) is 9.67. The first-order valence-electron chi connectivity index (χ1n) is 10.5. The first kappa shape index (κ1) is 22.3. The minimum absolute atomic E-state index is 0.0768. The van der Waals surface area contributed by atoms with Gasteiger partial charge < -0.3 is 5.32 Å². The number of anilines is 1. The number of ketones is 1. The summed E-state index contributed by atoms with van der Waals surface area (Å²) < 4.78 is 1.01. The van der Waals surface area contributed by atoms with Crippen molar-refractivity contribution in [3.63, 3.8) is 0 Å². The third-order valence-corrected chi connectivity index (χ3v) is 5.91. The summed E-state index contributed by atoms with van der Waals surface area (Å²) in [6, 6.07) is 24.6. The Morgan fingerprint density at radius 3 is 2.20 bits per heavy atom. The van der Waals surface area contributed by atoms with Crippen molar-refractivity contribution >= 4 is 27.4 Å². The smallest absolute Gasteiger partial charge is 0.165 e. The normalized spacial score (nSPS) is 12.4. The molecule has 0 saturated heterocycles. The Labute approximate surface area is 188 Å². The topological polar surface area (TPSA) is 29.1 Å². The number of carbonyl (C=O) groups is 1. The Morgan fingerprint density at radius 1 is 0.967 bits per heavy atom. The summed E-state index contributed by atoms with van der Waals surface area (Å²) in [5.41, 5.74) is 5.47. The summed E-state index contributed by atoms with van der Waals surface area (Å²) in [4.78, 5) is 13.1. The van der Waals surface area contributed by atoms with Gasteiger partial charge in [0.2, 0.25) is 0 Å². The van der Waals surface area contributed by atoms with Crippen molar-refractivity contribution in [2.24, 2.45) is 0 Å². The van der Waals surface area contributed by atoms with Gasteiger partial charge in [-0.25, -0.2) is 0 Å². The Hall–Kier alpha value is -2.39. The van der Waals surface area contributed by atoms with Crippen LogP contribution >= 0.6 is 15.9 Å². The fourth-order valence-electron chi connectivity index (χ4n) is 3.48. The number of benzene rings is 3. The van der Waals surface area contributed by atoms with E-state index in [9.17, 15) is 4.79 Å². The number of carbonyl (C=O) groups excluding carboxylic acids is 1. The second kappa shape index (κ2) is 9.61. The highest BCUT2D eigenvalue weighted by Crippen LogP contribution is 2.28. The number of Topliss-reactive ketones (excluding diaryl/α,β-unsaturated/α-hetero) is 1. The Balaban J connectivity index is 1.84. The van der Waals surface area contributed by atoms with Gasteiger partial charge in [-0.05, 0) is 46.7 Å². The van der Waals surface area contributed by atoms with Crippen molar-refractivity contribution in [1.82, 2.24) is 0 Å². The molecule has 0 amide bonds. The molecule has 0 saturated carbocycles. The minimum Gasteiger partial charge on any atom is -0.378 e. The molecule has 0 spiro atoms. The van der Waals surface area contributed by atoms with E-state index >= 15 is 0 Å². The molecular formula is C27H30BrNO. The molecule has 2 nitrogen and oxygen atoms in total. The van der Waals surface area contributed by atoms with Crippen LogP contribution in [0, 0.1) is 0 Å². The largest absolute Gasteiger partial charge is 0.378 e. The molecule has 0 bridgehead atoms. The number of hydrogen-bond acceptors (Lipinski definition) is 2. The predicted octanol–water partition coefficient (Wildman–Crippen LogP) is 7.74. The van der Waals surface area contributed by atoms with Gasteiger partial charge in [0.15, 0.2) is 5.78 Å². The molecule has 0 unspecified atom stereocenters. The van der Waals surface area contributed by atoms with E-state index < -0.39 is 0 Å². The van der Waals surface area contributed by atoms with E-state index in [0.29, 0.717) is 6.42 Å². The van der Waals surface area contributed by atoms with Crippen LogP contribution in [0.4, 0.5) is 5.69 Å². The highest BCUT2D eigenvalue weighted by atomic mass is 79.9. The quantitative estimate of drug-likeness (QED) is 0.363. The third kappa shape index (κ3) is 5.82. The molecule has 30 heavy (non-hydrogen) atoms. The van der Waals surface area contributed by atoms with Gasteiger partial charge >= 0.3 is 0 Å². The van der Waals surface area contributed by atoms with Gasteiger partial charge in [0.25, 0.3) is 0 Å². The van der Waals surface area contributed by atoms with Crippen LogP contribution in [0.5, 0.6) is 0 Å². The number of aryl methyl sites for hydroxylation is 1. The van der Waals surface area contributed by atoms with E-state index in [2.05, 4.69) is 85.3 Å². The maximum atomic E-state index is 13.1. The summed E-state index contributed by atoms with van der Waals surface area (Å²) in [5.74, 6) is 0.141. The maximum absolute atomic E-state index is 13.1. The van der Waals surface area contributed by atoms with Gasteiger partial charge in [-0.2, -0.15) is 0 Å². The van der Waals surface area contributed by atoms with E-state index in [1.54, 1.807) is 0 Å². The molecule has 3 rings (SSSR count). The first-order valence-corrected chi connectivity index (χ1v) is 11.3. The Bertz CT molecular complexity index is 985. The van der Waals surface area contributed by atoms with Crippen LogP contribution in [-0.2, 0) is 11.8 Å². The summed E-state index contributed by atoms with van der Waals surface area (Å²) >= 11 is 3.53. The number of hydrogen-bond donors (Lipinski definition) is 1. The van der Waals surface area contributed by atoms with Gasteiger partial charge in [-0.1, -0.05) is 98.2 Å². The maximum Gasteiger partial charge on any atom is 0.165 e. The molecule has 1 N–H and O–H groups in total. The summed E-state index contributed by atoms with van der Waals surface area (Å²) in [5, 5.41) is 3.56. The SMILES string of the molecule is CCc1ccc([C@@H](CC(=O)c2ccc(C(C)(C)C)cc2)Nc2cccc(Br)c2)cc1. The zero-order valence-corrected chi connectivity index (χ0v) is 19.8. The highest BCUT2D eigenvalue weighted by Gasteiger charge is 2.19. The molecule has 0 aliphatic heterocycles. The molecule has 3 aromatic rings. The van der Waals surface area contributed by atoms with E-state index in [1.807, 2.05) is 36.4 Å². The van der Waals surface area contributed by atoms with Crippen molar-refractivity contribution < 1.29 is 4.79 Å². The molecule has 156 valence electrons. The van der Waals surface area contributed by atoms with E-state index in [-0.39, 0.29) is 17.2 Å². The number of nitrogens with one attached hydrogen (secondary N) is 1. The first-order chi connectivity index (χ1) is 14.3. The summed E-state index contributed by atoms with van der Waals surface area (Å²) in [7, 11) is 0. The van der Waals surface area contributed by atoms with Crippen molar-refractivity contribution in [2.45, 2.75) is 52.0 Å². The van der Waals surface area contributed by atoms with Gasteiger partial charge in [-0.15, -0.1) is 0 Å². The lowest BCUT2D eigenvalue weighted by Gasteiger charge is -2.21. The molecule has 0 heterocycles. The lowest BCUT2D eigenvalue weighted by molar-refractivity contribution is 0.0976. The zero-order chi connectivity index (χ0) is 21.7. The van der Waals surface area contributed by atoms with Gasteiger partial charge in [0.1, 0.15) is 0 Å². The van der Waals surface area contributed by atoms with Crippen LogP contribution in [0.1, 0.15) is 67.2 Å². The molecule has 3 heteroatoms. The van der Waals surface area contributed by atoms with Crippen LogP contribution in [-0.4, -0.2) is 5.78 Å². The van der Waals surface area contributed by atoms with E-state index in [0.717, 1.165) is 27.7 Å². The molecule has 1 atom stereocenters. The second-order valence-electron chi connectivity index (χ2n) is 8.76. The van der Waals surface area contributed by atoms with Crippen LogP contribution in [0.15, 0.2) is 77.3 Å². The molecule has 0 aromatic heterocycles. The van der Waals surface area contributed by atoms with Crippen LogP contribution in [0.25, 0.3) is 0 Å². The zero-order valence-electron chi connectivity index (χ0n) is 18.2. The number of rotatable bonds is 7. The Morgan fingerprint density at radius 2 is 1.63 bits per heavy atom. The molecular weight excluding hydrogens is 434 g/mol. The fourth-order valence-corrected chi connectivity index (χ4v) is 3.88. The highest BCUT2D eigenvalue weighted by molar-refractivity contribution is 9.10. The monoisotopic (exact) mass is 463 g/mol. The van der Waals surface area contributed by atoms with E-state index in [4.69, 9.17) is 0 Å². The summed E-state index contributed by atoms with van der Waals surface area (Å²) in [6.45, 7) is 8.70. The Kier molecular flexibility index (Phi) is 7.14. The van der Waals surface area contributed by atoms with Crippen LogP contribution in [0.3, 0.4) is 0 Å². The van der Waals surface area contributed by atoms with Gasteiger partial charge in [0.05, 0.1) is 6.04 Å². The summed E-state index contributed by atoms with van der Waals surface area (Å²) in [6.07, 6.45) is 1.40. The van der Waals surface area contributed by atoms with Crippen molar-refractivity contribution in [3.05, 3.63) is 99.5 Å². The average Bonchev–Trinajstić information content (AvgIpc) is 2.73. The lowest BCUT2D eigenvalue weighted by Crippen LogP contribution is -2.16. The standard InChI is InChI=1S/C27H30BrNO/c1-5-19-9-11-20(12-10-19)25(29-24-8-6-7-23(28)17-24)18-26(30)21-13-15-22(16-14-21)27(2,3)4/h6-17,25,29H,5,18H2,1-4H3/t25-/m1/s1. The van der Waals surface area contributed by atoms with Crippen LogP contribution < -0.4 is 5.32 Å². The van der Waals surface area contributed by atoms with E-state index in [1.165, 1.54) is 11.1 Å². The van der Waals surface area contributed by atoms with Crippen LogP contribution in [0.2, 0.25) is 0 Å². The van der Waals surface area contributed by atoms with Gasteiger partial charge in [-0.3, -0.25) is 4.79 Å². The predicted molar refractivity (Wildman–Crippen MR) is 130 cm³/mol.